The summed E-state index contributed by atoms with van der Waals surface area (Å²) in [6.45, 7) is 0.473. The van der Waals surface area contributed by atoms with Crippen LogP contribution >= 0.6 is 0 Å². The van der Waals surface area contributed by atoms with Crippen LogP contribution in [0.15, 0.2) is 83.8 Å². The predicted octanol–water partition coefficient (Wildman–Crippen LogP) is 3.45. The summed E-state index contributed by atoms with van der Waals surface area (Å²) in [7, 11) is 0. The van der Waals surface area contributed by atoms with Gasteiger partial charge in [-0.3, -0.25) is 9.59 Å². The number of nitrogens with one attached hydrogen (secondary N) is 1. The third kappa shape index (κ3) is 5.94. The standard InChI is InChI=1S/C23H19N3O3/c24-14-16-29-21-11-6-18(7-12-21)8-13-22(27)25-20-9-4-19(5-10-20)17-26-15-2-1-3-23(26)28/h1-13,15H,16-17H2,(H,25,27). The normalized spacial score (nSPS) is 10.4. The summed E-state index contributed by atoms with van der Waals surface area (Å²) in [6, 6.07) is 21.4. The van der Waals surface area contributed by atoms with Gasteiger partial charge in [-0.05, 0) is 47.5 Å². The molecule has 1 heterocycles. The summed E-state index contributed by atoms with van der Waals surface area (Å²) in [4.78, 5) is 23.9. The van der Waals surface area contributed by atoms with Gasteiger partial charge in [0.05, 0.1) is 6.54 Å². The molecule has 6 nitrogen and oxygen atoms in total. The summed E-state index contributed by atoms with van der Waals surface area (Å²) >= 11 is 0. The zero-order valence-corrected chi connectivity index (χ0v) is 15.6. The Hall–Kier alpha value is -4.11. The average Bonchev–Trinajstić information content (AvgIpc) is 2.74. The van der Waals surface area contributed by atoms with Crippen molar-refractivity contribution in [2.24, 2.45) is 0 Å². The highest BCUT2D eigenvalue weighted by molar-refractivity contribution is 6.01. The number of hydrogen-bond donors (Lipinski definition) is 1. The Morgan fingerprint density at radius 3 is 2.52 bits per heavy atom. The molecule has 0 fully saturated rings. The molecule has 6 heteroatoms. The average molecular weight is 385 g/mol. The third-order valence-electron chi connectivity index (χ3n) is 4.08. The van der Waals surface area contributed by atoms with E-state index in [2.05, 4.69) is 5.32 Å². The molecule has 0 aliphatic rings. The fourth-order valence-electron chi connectivity index (χ4n) is 2.63. The van der Waals surface area contributed by atoms with Gasteiger partial charge >= 0.3 is 0 Å². The van der Waals surface area contributed by atoms with Crippen LogP contribution in [-0.2, 0) is 11.3 Å². The first-order chi connectivity index (χ1) is 14.1. The van der Waals surface area contributed by atoms with Crippen molar-refractivity contribution in [1.82, 2.24) is 4.57 Å². The van der Waals surface area contributed by atoms with Crippen LogP contribution in [0.4, 0.5) is 5.69 Å². The molecular weight excluding hydrogens is 366 g/mol. The van der Waals surface area contributed by atoms with Gasteiger partial charge in [0.1, 0.15) is 11.8 Å². The van der Waals surface area contributed by atoms with Gasteiger partial charge < -0.3 is 14.6 Å². The molecule has 2 aromatic carbocycles. The molecular formula is C23H19N3O3. The topological polar surface area (TPSA) is 84.1 Å². The number of ether oxygens (including phenoxy) is 1. The molecule has 0 unspecified atom stereocenters. The van der Waals surface area contributed by atoms with E-state index in [1.165, 1.54) is 12.1 Å². The van der Waals surface area contributed by atoms with Crippen LogP contribution in [0.3, 0.4) is 0 Å². The molecule has 0 radical (unpaired) electrons. The maximum atomic E-state index is 12.1. The summed E-state index contributed by atoms with van der Waals surface area (Å²) in [6.07, 6.45) is 4.88. The Bertz CT molecular complexity index is 1090. The van der Waals surface area contributed by atoms with E-state index in [1.807, 2.05) is 24.3 Å². The Morgan fingerprint density at radius 1 is 1.07 bits per heavy atom. The fraction of sp³-hybridized carbons (Fsp3) is 0.0870. The Labute approximate surface area is 168 Å². The minimum absolute atomic E-state index is 0.00152. The van der Waals surface area contributed by atoms with Gasteiger partial charge in [-0.1, -0.05) is 30.3 Å². The first kappa shape index (κ1) is 19.6. The summed E-state index contributed by atoms with van der Waals surface area (Å²) in [5.74, 6) is 0.354. The number of nitrogens with zero attached hydrogens (tertiary/aromatic N) is 2. The Kier molecular flexibility index (Phi) is 6.58. The highest BCUT2D eigenvalue weighted by Crippen LogP contribution is 2.14. The van der Waals surface area contributed by atoms with Gasteiger partial charge in [-0.25, -0.2) is 0 Å². The quantitative estimate of drug-likeness (QED) is 0.632. The van der Waals surface area contributed by atoms with Crippen LogP contribution in [0.2, 0.25) is 0 Å². The molecule has 1 amide bonds. The molecule has 1 N–H and O–H groups in total. The minimum Gasteiger partial charge on any atom is -0.479 e. The molecule has 29 heavy (non-hydrogen) atoms. The monoisotopic (exact) mass is 385 g/mol. The van der Waals surface area contributed by atoms with E-state index < -0.39 is 0 Å². The molecule has 0 saturated carbocycles. The third-order valence-corrected chi connectivity index (χ3v) is 4.08. The van der Waals surface area contributed by atoms with Gasteiger partial charge in [-0.2, -0.15) is 5.26 Å². The van der Waals surface area contributed by atoms with Crippen molar-refractivity contribution in [1.29, 1.82) is 5.26 Å². The van der Waals surface area contributed by atoms with E-state index in [9.17, 15) is 9.59 Å². The fourth-order valence-corrected chi connectivity index (χ4v) is 2.63. The van der Waals surface area contributed by atoms with Crippen molar-refractivity contribution in [2.45, 2.75) is 6.54 Å². The van der Waals surface area contributed by atoms with Crippen molar-refractivity contribution < 1.29 is 9.53 Å². The maximum absolute atomic E-state index is 12.1. The number of benzene rings is 2. The van der Waals surface area contributed by atoms with Crippen LogP contribution in [-0.4, -0.2) is 17.1 Å². The van der Waals surface area contributed by atoms with Crippen molar-refractivity contribution in [3.05, 3.63) is 100 Å². The van der Waals surface area contributed by atoms with Crippen LogP contribution < -0.4 is 15.6 Å². The van der Waals surface area contributed by atoms with E-state index in [1.54, 1.807) is 59.3 Å². The van der Waals surface area contributed by atoms with Gasteiger partial charge in [0.15, 0.2) is 6.61 Å². The lowest BCUT2D eigenvalue weighted by atomic mass is 10.2. The second-order valence-electron chi connectivity index (χ2n) is 6.20. The van der Waals surface area contributed by atoms with Crippen LogP contribution in [0.25, 0.3) is 6.08 Å². The first-order valence-corrected chi connectivity index (χ1v) is 8.97. The van der Waals surface area contributed by atoms with E-state index >= 15 is 0 Å². The highest BCUT2D eigenvalue weighted by atomic mass is 16.5. The Balaban J connectivity index is 1.55. The van der Waals surface area contributed by atoms with E-state index in [4.69, 9.17) is 10.00 Å². The lowest BCUT2D eigenvalue weighted by Crippen LogP contribution is -2.18. The number of nitriles is 1. The zero-order valence-electron chi connectivity index (χ0n) is 15.6. The Morgan fingerprint density at radius 2 is 1.83 bits per heavy atom. The van der Waals surface area contributed by atoms with Gasteiger partial charge in [0, 0.05) is 24.0 Å². The van der Waals surface area contributed by atoms with Crippen molar-refractivity contribution in [3.63, 3.8) is 0 Å². The number of hydrogen-bond acceptors (Lipinski definition) is 4. The number of rotatable bonds is 7. The van der Waals surface area contributed by atoms with Gasteiger partial charge in [0.25, 0.3) is 5.56 Å². The van der Waals surface area contributed by atoms with Crippen molar-refractivity contribution in [2.75, 3.05) is 11.9 Å². The van der Waals surface area contributed by atoms with Gasteiger partial charge in [-0.15, -0.1) is 0 Å². The van der Waals surface area contributed by atoms with E-state index in [-0.39, 0.29) is 18.1 Å². The highest BCUT2D eigenvalue weighted by Gasteiger charge is 2.01. The van der Waals surface area contributed by atoms with Gasteiger partial charge in [0.2, 0.25) is 5.91 Å². The first-order valence-electron chi connectivity index (χ1n) is 8.97. The molecule has 0 aliphatic carbocycles. The smallest absolute Gasteiger partial charge is 0.250 e. The number of amides is 1. The number of aromatic nitrogens is 1. The zero-order chi connectivity index (χ0) is 20.5. The summed E-state index contributed by atoms with van der Waals surface area (Å²) in [5.41, 5.74) is 2.42. The minimum atomic E-state index is -0.248. The molecule has 0 spiro atoms. The molecule has 0 atom stereocenters. The molecule has 0 bridgehead atoms. The molecule has 3 aromatic rings. The lowest BCUT2D eigenvalue weighted by molar-refractivity contribution is -0.111. The van der Waals surface area contributed by atoms with Crippen molar-refractivity contribution in [3.8, 4) is 11.8 Å². The number of carbonyl (C=O) groups excluding carboxylic acids is 1. The largest absolute Gasteiger partial charge is 0.479 e. The number of anilines is 1. The van der Waals surface area contributed by atoms with E-state index in [0.717, 1.165) is 11.1 Å². The second-order valence-corrected chi connectivity index (χ2v) is 6.20. The molecule has 144 valence electrons. The van der Waals surface area contributed by atoms with Crippen LogP contribution in [0.5, 0.6) is 5.75 Å². The number of carbonyl (C=O) groups is 1. The number of pyridine rings is 1. The maximum Gasteiger partial charge on any atom is 0.250 e. The molecule has 1 aromatic heterocycles. The van der Waals surface area contributed by atoms with E-state index in [0.29, 0.717) is 18.0 Å². The lowest BCUT2D eigenvalue weighted by Gasteiger charge is -2.07. The summed E-state index contributed by atoms with van der Waals surface area (Å²) in [5, 5.41) is 11.3. The van der Waals surface area contributed by atoms with Crippen LogP contribution in [0, 0.1) is 11.3 Å². The molecule has 3 rings (SSSR count). The second kappa shape index (κ2) is 9.72. The van der Waals surface area contributed by atoms with Crippen LogP contribution in [0.1, 0.15) is 11.1 Å². The summed E-state index contributed by atoms with van der Waals surface area (Å²) < 4.78 is 6.80. The predicted molar refractivity (Wildman–Crippen MR) is 111 cm³/mol. The molecule has 0 saturated heterocycles. The SMILES string of the molecule is N#CCOc1ccc(C=CC(=O)Nc2ccc(Cn3ccccc3=O)cc2)cc1. The molecule has 0 aliphatic heterocycles. The van der Waals surface area contributed by atoms with Crippen molar-refractivity contribution >= 4 is 17.7 Å².